The van der Waals surface area contributed by atoms with Gasteiger partial charge < -0.3 is 5.73 Å². The standard InChI is InChI=1S/C11H24N2/c1-3-6-11(9-12)13-8-5-4-7-10(13)2/h10-11H,3-9,12H2,1-2H3. The molecule has 1 aliphatic heterocycles. The van der Waals surface area contributed by atoms with Crippen LogP contribution in [0, 0.1) is 0 Å². The molecule has 2 unspecified atom stereocenters. The van der Waals surface area contributed by atoms with Crippen LogP contribution in [0.25, 0.3) is 0 Å². The maximum Gasteiger partial charge on any atom is 0.0221 e. The summed E-state index contributed by atoms with van der Waals surface area (Å²) in [6.45, 7) is 6.69. The summed E-state index contributed by atoms with van der Waals surface area (Å²) in [6.07, 6.45) is 6.65. The second-order valence-electron chi connectivity index (χ2n) is 4.26. The number of piperidine rings is 1. The van der Waals surface area contributed by atoms with Gasteiger partial charge in [-0.05, 0) is 32.7 Å². The molecule has 2 atom stereocenters. The molecule has 0 saturated carbocycles. The van der Waals surface area contributed by atoms with E-state index in [0.29, 0.717) is 6.04 Å². The van der Waals surface area contributed by atoms with E-state index in [1.807, 2.05) is 0 Å². The average molecular weight is 184 g/mol. The molecular formula is C11H24N2. The van der Waals surface area contributed by atoms with Crippen LogP contribution in [0.2, 0.25) is 0 Å². The molecule has 1 rings (SSSR count). The van der Waals surface area contributed by atoms with Crippen LogP contribution in [0.5, 0.6) is 0 Å². The van der Waals surface area contributed by atoms with E-state index in [1.54, 1.807) is 0 Å². The molecule has 1 heterocycles. The average Bonchev–Trinajstić information content (AvgIpc) is 2.16. The minimum atomic E-state index is 0.639. The SMILES string of the molecule is CCCC(CN)N1CCCCC1C. The fourth-order valence-corrected chi connectivity index (χ4v) is 2.42. The second-order valence-corrected chi connectivity index (χ2v) is 4.26. The van der Waals surface area contributed by atoms with Gasteiger partial charge in [0.25, 0.3) is 0 Å². The van der Waals surface area contributed by atoms with E-state index in [0.717, 1.165) is 12.6 Å². The van der Waals surface area contributed by atoms with E-state index in [-0.39, 0.29) is 0 Å². The van der Waals surface area contributed by atoms with Gasteiger partial charge in [0.05, 0.1) is 0 Å². The van der Waals surface area contributed by atoms with Crippen molar-refractivity contribution in [2.75, 3.05) is 13.1 Å². The molecule has 1 fully saturated rings. The van der Waals surface area contributed by atoms with Crippen molar-refractivity contribution in [2.45, 2.75) is 58.0 Å². The van der Waals surface area contributed by atoms with Gasteiger partial charge in [0, 0.05) is 18.6 Å². The van der Waals surface area contributed by atoms with Crippen LogP contribution < -0.4 is 5.73 Å². The summed E-state index contributed by atoms with van der Waals surface area (Å²) in [5, 5.41) is 0. The third kappa shape index (κ3) is 2.96. The molecule has 1 aliphatic rings. The summed E-state index contributed by atoms with van der Waals surface area (Å²) >= 11 is 0. The summed E-state index contributed by atoms with van der Waals surface area (Å²) in [6, 6.07) is 1.40. The van der Waals surface area contributed by atoms with E-state index >= 15 is 0 Å². The minimum absolute atomic E-state index is 0.639. The van der Waals surface area contributed by atoms with Gasteiger partial charge in [-0.2, -0.15) is 0 Å². The van der Waals surface area contributed by atoms with Crippen molar-refractivity contribution in [2.24, 2.45) is 5.73 Å². The topological polar surface area (TPSA) is 29.3 Å². The molecule has 0 aliphatic carbocycles. The maximum absolute atomic E-state index is 5.81. The monoisotopic (exact) mass is 184 g/mol. The Bertz CT molecular complexity index is 136. The zero-order valence-corrected chi connectivity index (χ0v) is 9.13. The molecule has 0 spiro atoms. The van der Waals surface area contributed by atoms with Crippen molar-refractivity contribution in [1.29, 1.82) is 0 Å². The van der Waals surface area contributed by atoms with Crippen molar-refractivity contribution in [3.05, 3.63) is 0 Å². The summed E-state index contributed by atoms with van der Waals surface area (Å²) < 4.78 is 0. The van der Waals surface area contributed by atoms with Gasteiger partial charge in [-0.25, -0.2) is 0 Å². The smallest absolute Gasteiger partial charge is 0.0221 e. The van der Waals surface area contributed by atoms with Crippen LogP contribution in [0.4, 0.5) is 0 Å². The summed E-state index contributed by atoms with van der Waals surface area (Å²) in [5.41, 5.74) is 5.81. The lowest BCUT2D eigenvalue weighted by atomic mass is 9.99. The molecule has 2 N–H and O–H groups in total. The fourth-order valence-electron chi connectivity index (χ4n) is 2.42. The van der Waals surface area contributed by atoms with Gasteiger partial charge >= 0.3 is 0 Å². The molecule has 13 heavy (non-hydrogen) atoms. The lowest BCUT2D eigenvalue weighted by Crippen LogP contribution is -2.48. The third-order valence-electron chi connectivity index (χ3n) is 3.22. The molecule has 0 aromatic rings. The van der Waals surface area contributed by atoms with Crippen molar-refractivity contribution < 1.29 is 0 Å². The first kappa shape index (κ1) is 11.0. The number of likely N-dealkylation sites (tertiary alicyclic amines) is 1. The number of rotatable bonds is 4. The summed E-state index contributed by atoms with van der Waals surface area (Å²) in [5.74, 6) is 0. The van der Waals surface area contributed by atoms with Gasteiger partial charge in [-0.3, -0.25) is 4.90 Å². The van der Waals surface area contributed by atoms with Crippen molar-refractivity contribution in [3.63, 3.8) is 0 Å². The van der Waals surface area contributed by atoms with Gasteiger partial charge in [0.2, 0.25) is 0 Å². The maximum atomic E-state index is 5.81. The minimum Gasteiger partial charge on any atom is -0.329 e. The molecule has 78 valence electrons. The molecule has 0 radical (unpaired) electrons. The first-order chi connectivity index (χ1) is 6.29. The van der Waals surface area contributed by atoms with E-state index in [2.05, 4.69) is 18.7 Å². The van der Waals surface area contributed by atoms with Crippen LogP contribution in [0.15, 0.2) is 0 Å². The lowest BCUT2D eigenvalue weighted by molar-refractivity contribution is 0.103. The Kier molecular flexibility index (Phi) is 4.74. The van der Waals surface area contributed by atoms with Crippen LogP contribution >= 0.6 is 0 Å². The highest BCUT2D eigenvalue weighted by atomic mass is 15.2. The van der Waals surface area contributed by atoms with Crippen LogP contribution in [-0.4, -0.2) is 30.1 Å². The van der Waals surface area contributed by atoms with Crippen LogP contribution in [0.1, 0.15) is 46.0 Å². The summed E-state index contributed by atoms with van der Waals surface area (Å²) in [7, 11) is 0. The largest absolute Gasteiger partial charge is 0.329 e. The van der Waals surface area contributed by atoms with Crippen LogP contribution in [-0.2, 0) is 0 Å². The summed E-state index contributed by atoms with van der Waals surface area (Å²) in [4.78, 5) is 2.62. The Morgan fingerprint density at radius 1 is 1.46 bits per heavy atom. The highest BCUT2D eigenvalue weighted by molar-refractivity contribution is 4.80. The first-order valence-electron chi connectivity index (χ1n) is 5.75. The Hall–Kier alpha value is -0.0800. The number of hydrogen-bond acceptors (Lipinski definition) is 2. The third-order valence-corrected chi connectivity index (χ3v) is 3.22. The van der Waals surface area contributed by atoms with E-state index in [4.69, 9.17) is 5.73 Å². The number of nitrogens with two attached hydrogens (primary N) is 1. The molecule has 0 aromatic heterocycles. The van der Waals surface area contributed by atoms with Gasteiger partial charge in [-0.15, -0.1) is 0 Å². The molecule has 0 amide bonds. The number of hydrogen-bond donors (Lipinski definition) is 1. The first-order valence-corrected chi connectivity index (χ1v) is 5.75. The van der Waals surface area contributed by atoms with Crippen molar-refractivity contribution in [1.82, 2.24) is 4.90 Å². The van der Waals surface area contributed by atoms with E-state index in [9.17, 15) is 0 Å². The predicted molar refractivity (Wildman–Crippen MR) is 57.8 cm³/mol. The van der Waals surface area contributed by atoms with E-state index in [1.165, 1.54) is 38.6 Å². The zero-order chi connectivity index (χ0) is 9.68. The molecule has 1 saturated heterocycles. The van der Waals surface area contributed by atoms with Crippen molar-refractivity contribution in [3.8, 4) is 0 Å². The fraction of sp³-hybridized carbons (Fsp3) is 1.00. The van der Waals surface area contributed by atoms with Gasteiger partial charge in [0.1, 0.15) is 0 Å². The zero-order valence-electron chi connectivity index (χ0n) is 9.13. The molecule has 0 aromatic carbocycles. The predicted octanol–water partition coefficient (Wildman–Crippen LogP) is 1.99. The van der Waals surface area contributed by atoms with Crippen LogP contribution in [0.3, 0.4) is 0 Å². The van der Waals surface area contributed by atoms with Gasteiger partial charge in [-0.1, -0.05) is 19.8 Å². The highest BCUT2D eigenvalue weighted by Crippen LogP contribution is 2.20. The quantitative estimate of drug-likeness (QED) is 0.724. The Morgan fingerprint density at radius 3 is 2.77 bits per heavy atom. The van der Waals surface area contributed by atoms with Gasteiger partial charge in [0.15, 0.2) is 0 Å². The Balaban J connectivity index is 2.44. The number of nitrogens with zero attached hydrogens (tertiary/aromatic N) is 1. The molecule has 2 heteroatoms. The molecule has 2 nitrogen and oxygen atoms in total. The van der Waals surface area contributed by atoms with Crippen molar-refractivity contribution >= 4 is 0 Å². The molecule has 0 bridgehead atoms. The molecular weight excluding hydrogens is 160 g/mol. The van der Waals surface area contributed by atoms with E-state index < -0.39 is 0 Å². The Morgan fingerprint density at radius 2 is 2.23 bits per heavy atom. The Labute approximate surface area is 82.5 Å². The lowest BCUT2D eigenvalue weighted by Gasteiger charge is -2.39. The second kappa shape index (κ2) is 5.61. The highest BCUT2D eigenvalue weighted by Gasteiger charge is 2.23. The normalized spacial score (nSPS) is 27.5.